The molecule has 2 aliphatic heterocycles. The summed E-state index contributed by atoms with van der Waals surface area (Å²) in [5.41, 5.74) is 1.15. The van der Waals surface area contributed by atoms with E-state index in [4.69, 9.17) is 9.98 Å². The number of hydrogen-bond donors (Lipinski definition) is 1. The van der Waals surface area contributed by atoms with Crippen LogP contribution in [-0.2, 0) is 20.0 Å². The summed E-state index contributed by atoms with van der Waals surface area (Å²) in [4.78, 5) is 53.3. The number of guanidine groups is 1. The van der Waals surface area contributed by atoms with Gasteiger partial charge in [0.05, 0.1) is 16.7 Å². The van der Waals surface area contributed by atoms with Gasteiger partial charge in [0.1, 0.15) is 0 Å². The quantitative estimate of drug-likeness (QED) is 0.633. The maximum absolute atomic E-state index is 14.2. The summed E-state index contributed by atoms with van der Waals surface area (Å²) >= 11 is 0. The van der Waals surface area contributed by atoms with Crippen molar-refractivity contribution in [2.24, 2.45) is 16.8 Å². The van der Waals surface area contributed by atoms with E-state index in [0.29, 0.717) is 23.1 Å². The zero-order valence-electron chi connectivity index (χ0n) is 20.4. The molecule has 1 N–H and O–H groups in total. The SMILES string of the molecule is CCN1C(=O)[C@@]2(N=C(NC(=O)C(C)C)N(C(=O)C(C)C)c3nc4ccccc4n32)c2ccccc21. The fraction of sp³-hybridized carbons (Fsp3) is 0.346. The molecule has 180 valence electrons. The third-order valence-electron chi connectivity index (χ3n) is 6.45. The Hall–Kier alpha value is -4.01. The van der Waals surface area contributed by atoms with E-state index in [2.05, 4.69) is 5.32 Å². The number of carbonyl (C=O) groups excluding carboxylic acids is 3. The van der Waals surface area contributed by atoms with Crippen LogP contribution in [0.25, 0.3) is 11.0 Å². The van der Waals surface area contributed by atoms with Crippen molar-refractivity contribution < 1.29 is 14.4 Å². The van der Waals surface area contributed by atoms with Gasteiger partial charge in [0, 0.05) is 23.9 Å². The van der Waals surface area contributed by atoms with Crippen molar-refractivity contribution in [1.29, 1.82) is 0 Å². The van der Waals surface area contributed by atoms with Gasteiger partial charge in [0.25, 0.3) is 5.91 Å². The molecule has 1 aromatic heterocycles. The Bertz CT molecular complexity index is 1410. The minimum atomic E-state index is -1.55. The van der Waals surface area contributed by atoms with Crippen LogP contribution in [0, 0.1) is 11.8 Å². The molecule has 9 nitrogen and oxygen atoms in total. The van der Waals surface area contributed by atoms with Crippen molar-refractivity contribution in [1.82, 2.24) is 14.9 Å². The highest BCUT2D eigenvalue weighted by molar-refractivity contribution is 6.23. The number of aromatic nitrogens is 2. The lowest BCUT2D eigenvalue weighted by Gasteiger charge is -2.38. The molecule has 0 fully saturated rings. The van der Waals surface area contributed by atoms with E-state index in [1.165, 1.54) is 4.90 Å². The van der Waals surface area contributed by atoms with E-state index in [1.807, 2.05) is 55.5 Å². The van der Waals surface area contributed by atoms with Crippen molar-refractivity contribution in [3.8, 4) is 0 Å². The maximum atomic E-state index is 14.2. The van der Waals surface area contributed by atoms with Crippen LogP contribution < -0.4 is 15.1 Å². The smallest absolute Gasteiger partial charge is 0.281 e. The molecule has 2 aliphatic rings. The van der Waals surface area contributed by atoms with Crippen LogP contribution in [0.1, 0.15) is 40.2 Å². The van der Waals surface area contributed by atoms with Gasteiger partial charge in [-0.15, -0.1) is 0 Å². The number of carbonyl (C=O) groups is 3. The molecule has 0 radical (unpaired) electrons. The van der Waals surface area contributed by atoms with Crippen LogP contribution in [-0.4, -0.2) is 39.8 Å². The van der Waals surface area contributed by atoms with Crippen LogP contribution >= 0.6 is 0 Å². The molecule has 2 aromatic carbocycles. The normalized spacial score (nSPS) is 18.9. The molecule has 5 rings (SSSR count). The molecule has 35 heavy (non-hydrogen) atoms. The van der Waals surface area contributed by atoms with Crippen LogP contribution in [0.2, 0.25) is 0 Å². The minimum Gasteiger partial charge on any atom is -0.308 e. The first-order valence-electron chi connectivity index (χ1n) is 11.9. The topological polar surface area (TPSA) is 99.9 Å². The number of amides is 3. The van der Waals surface area contributed by atoms with Crippen molar-refractivity contribution in [3.05, 3.63) is 54.1 Å². The lowest BCUT2D eigenvalue weighted by Crippen LogP contribution is -2.58. The number of aliphatic imine (C=N–C) groups is 1. The molecule has 3 aromatic rings. The summed E-state index contributed by atoms with van der Waals surface area (Å²) in [6, 6.07) is 14.9. The van der Waals surface area contributed by atoms with E-state index >= 15 is 0 Å². The number of para-hydroxylation sites is 3. The summed E-state index contributed by atoms with van der Waals surface area (Å²) in [6.45, 7) is 9.41. The van der Waals surface area contributed by atoms with Crippen molar-refractivity contribution >= 4 is 46.4 Å². The molecule has 0 unspecified atom stereocenters. The molecule has 0 bridgehead atoms. The van der Waals surface area contributed by atoms with E-state index in [0.717, 1.165) is 5.69 Å². The van der Waals surface area contributed by atoms with E-state index in [-0.39, 0.29) is 35.5 Å². The van der Waals surface area contributed by atoms with Crippen LogP contribution in [0.15, 0.2) is 53.5 Å². The molecule has 3 amide bonds. The van der Waals surface area contributed by atoms with Crippen LogP contribution in [0.3, 0.4) is 0 Å². The van der Waals surface area contributed by atoms with Crippen molar-refractivity contribution in [3.63, 3.8) is 0 Å². The second kappa shape index (κ2) is 8.04. The molecule has 3 heterocycles. The average molecular weight is 473 g/mol. The molecule has 9 heteroatoms. The minimum absolute atomic E-state index is 0.00584. The summed E-state index contributed by atoms with van der Waals surface area (Å²) in [5, 5.41) is 2.82. The second-order valence-corrected chi connectivity index (χ2v) is 9.38. The van der Waals surface area contributed by atoms with Gasteiger partial charge in [-0.1, -0.05) is 58.0 Å². The Morgan fingerprint density at radius 1 is 1.00 bits per heavy atom. The van der Waals surface area contributed by atoms with Crippen LogP contribution in [0.5, 0.6) is 0 Å². The van der Waals surface area contributed by atoms with E-state index < -0.39 is 11.6 Å². The van der Waals surface area contributed by atoms with Gasteiger partial charge in [-0.3, -0.25) is 24.3 Å². The molecule has 0 saturated carbocycles. The Labute approximate surface area is 203 Å². The molecule has 0 saturated heterocycles. The number of hydrogen-bond acceptors (Lipinski definition) is 5. The fourth-order valence-corrected chi connectivity index (χ4v) is 4.68. The fourth-order valence-electron chi connectivity index (χ4n) is 4.68. The number of benzene rings is 2. The molecule has 1 spiro atoms. The molecule has 1 atom stereocenters. The first-order chi connectivity index (χ1) is 16.7. The van der Waals surface area contributed by atoms with Gasteiger partial charge in [-0.2, -0.15) is 0 Å². The summed E-state index contributed by atoms with van der Waals surface area (Å²) in [6.07, 6.45) is 0. The number of imidazole rings is 1. The summed E-state index contributed by atoms with van der Waals surface area (Å²) in [5.74, 6) is -1.37. The third kappa shape index (κ3) is 3.10. The Kier molecular flexibility index (Phi) is 5.23. The largest absolute Gasteiger partial charge is 0.308 e. The van der Waals surface area contributed by atoms with E-state index in [1.54, 1.807) is 37.2 Å². The molecular weight excluding hydrogens is 444 g/mol. The van der Waals surface area contributed by atoms with E-state index in [9.17, 15) is 14.4 Å². The summed E-state index contributed by atoms with van der Waals surface area (Å²) in [7, 11) is 0. The average Bonchev–Trinajstić information content (AvgIpc) is 3.33. The Balaban J connectivity index is 1.90. The predicted molar refractivity (Wildman–Crippen MR) is 134 cm³/mol. The molecular formula is C26H28N6O3. The number of nitrogens with one attached hydrogen (secondary N) is 1. The second-order valence-electron chi connectivity index (χ2n) is 9.38. The Morgan fingerprint density at radius 2 is 1.69 bits per heavy atom. The standard InChI is InChI=1S/C26H28N6O3/c1-6-30-19-13-9-7-11-17(19)26(23(30)35)29-24(28-21(33)15(2)3)31(22(34)16(4)5)25-27-18-12-8-10-14-20(18)32(25)26/h7-16H,6H2,1-5H3,(H,28,29,33)/t26-/m1/s1. The predicted octanol–water partition coefficient (Wildman–Crippen LogP) is 3.23. The van der Waals surface area contributed by atoms with Gasteiger partial charge in [-0.25, -0.2) is 14.9 Å². The van der Waals surface area contributed by atoms with Gasteiger partial charge in [0.2, 0.25) is 29.4 Å². The zero-order chi connectivity index (χ0) is 25.1. The van der Waals surface area contributed by atoms with Gasteiger partial charge >= 0.3 is 0 Å². The maximum Gasteiger partial charge on any atom is 0.281 e. The Morgan fingerprint density at radius 3 is 2.37 bits per heavy atom. The number of nitrogens with zero attached hydrogens (tertiary/aromatic N) is 5. The highest BCUT2D eigenvalue weighted by Gasteiger charge is 2.57. The monoisotopic (exact) mass is 472 g/mol. The third-order valence-corrected chi connectivity index (χ3v) is 6.45. The zero-order valence-corrected chi connectivity index (χ0v) is 20.4. The number of fused-ring (bicyclic) bond motifs is 6. The van der Waals surface area contributed by atoms with Crippen molar-refractivity contribution in [2.75, 3.05) is 16.3 Å². The number of anilines is 2. The van der Waals surface area contributed by atoms with Crippen LogP contribution in [0.4, 0.5) is 11.6 Å². The van der Waals surface area contributed by atoms with Gasteiger partial charge < -0.3 is 4.90 Å². The number of rotatable bonds is 3. The summed E-state index contributed by atoms with van der Waals surface area (Å²) < 4.78 is 1.74. The highest BCUT2D eigenvalue weighted by Crippen LogP contribution is 2.49. The molecule has 0 aliphatic carbocycles. The van der Waals surface area contributed by atoms with Gasteiger partial charge in [-0.05, 0) is 25.1 Å². The first kappa shape index (κ1) is 22.8. The van der Waals surface area contributed by atoms with Gasteiger partial charge in [0.15, 0.2) is 0 Å². The lowest BCUT2D eigenvalue weighted by molar-refractivity contribution is -0.125. The number of likely N-dealkylation sites (N-methyl/N-ethyl adjacent to an activating group) is 1. The lowest BCUT2D eigenvalue weighted by atomic mass is 9.99. The highest BCUT2D eigenvalue weighted by atomic mass is 16.2. The van der Waals surface area contributed by atoms with Crippen molar-refractivity contribution in [2.45, 2.75) is 40.3 Å². The first-order valence-corrected chi connectivity index (χ1v) is 11.9.